The number of nitrogens with one attached hydrogen (secondary N) is 1. The van der Waals surface area contributed by atoms with Crippen molar-refractivity contribution in [1.82, 2.24) is 0 Å². The van der Waals surface area contributed by atoms with Crippen molar-refractivity contribution >= 4 is 29.0 Å². The summed E-state index contributed by atoms with van der Waals surface area (Å²) < 4.78 is 24.4. The number of Topliss-reactive ketones (excluding diaryl/α,β-unsaturated/α-hetero) is 1. The van der Waals surface area contributed by atoms with Crippen LogP contribution in [0.4, 0.5) is 15.8 Å². The normalized spacial score (nSPS) is 12.5. The maximum absolute atomic E-state index is 13.7. The Kier molecular flexibility index (Phi) is 6.12. The zero-order chi connectivity index (χ0) is 22.5. The minimum atomic E-state index is -0.569. The predicted molar refractivity (Wildman–Crippen MR) is 116 cm³/mol. The molecular weight excluding hydrogens is 415 g/mol. The number of para-hydroxylation sites is 2. The molecule has 162 valence electrons. The van der Waals surface area contributed by atoms with E-state index < -0.39 is 23.4 Å². The Morgan fingerprint density at radius 3 is 2.56 bits per heavy atom. The number of fused-ring (bicyclic) bond motifs is 1. The van der Waals surface area contributed by atoms with Crippen LogP contribution in [-0.2, 0) is 9.59 Å². The Morgan fingerprint density at radius 2 is 1.78 bits per heavy atom. The quantitative estimate of drug-likeness (QED) is 0.576. The van der Waals surface area contributed by atoms with Crippen molar-refractivity contribution in [3.05, 3.63) is 84.2 Å². The molecular formula is C24H19FN2O5. The molecule has 1 heterocycles. The van der Waals surface area contributed by atoms with Gasteiger partial charge >= 0.3 is 0 Å². The Hall–Kier alpha value is -4.20. The SMILES string of the molecule is O=C(CN1C(=O)COc2ccc(C(=O)COc3ccccc3F)cc21)Nc1ccccc1. The number of hydrogen-bond donors (Lipinski definition) is 1. The highest BCUT2D eigenvalue weighted by Gasteiger charge is 2.28. The van der Waals surface area contributed by atoms with Crippen LogP contribution in [0.5, 0.6) is 11.5 Å². The molecule has 1 aliphatic heterocycles. The fourth-order valence-electron chi connectivity index (χ4n) is 3.20. The predicted octanol–water partition coefficient (Wildman–Crippen LogP) is 3.45. The third kappa shape index (κ3) is 4.75. The molecule has 0 aromatic heterocycles. The van der Waals surface area contributed by atoms with E-state index in [4.69, 9.17) is 9.47 Å². The number of nitrogens with zero attached hydrogens (tertiary/aromatic N) is 1. The first-order chi connectivity index (χ1) is 15.5. The molecule has 0 bridgehead atoms. The second-order valence-electron chi connectivity index (χ2n) is 7.01. The van der Waals surface area contributed by atoms with Crippen molar-refractivity contribution in [2.45, 2.75) is 0 Å². The van der Waals surface area contributed by atoms with Crippen molar-refractivity contribution in [2.75, 3.05) is 30.0 Å². The van der Waals surface area contributed by atoms with Gasteiger partial charge in [0, 0.05) is 11.3 Å². The van der Waals surface area contributed by atoms with E-state index >= 15 is 0 Å². The zero-order valence-electron chi connectivity index (χ0n) is 16.9. The lowest BCUT2D eigenvalue weighted by Gasteiger charge is -2.29. The molecule has 3 aromatic rings. The van der Waals surface area contributed by atoms with E-state index in [-0.39, 0.29) is 31.1 Å². The summed E-state index contributed by atoms with van der Waals surface area (Å²) in [4.78, 5) is 38.8. The highest BCUT2D eigenvalue weighted by molar-refractivity contribution is 6.06. The van der Waals surface area contributed by atoms with E-state index in [9.17, 15) is 18.8 Å². The van der Waals surface area contributed by atoms with Crippen molar-refractivity contribution in [2.24, 2.45) is 0 Å². The molecule has 0 saturated heterocycles. The number of halogens is 1. The van der Waals surface area contributed by atoms with Crippen LogP contribution >= 0.6 is 0 Å². The van der Waals surface area contributed by atoms with Crippen LogP contribution in [0.25, 0.3) is 0 Å². The third-order valence-electron chi connectivity index (χ3n) is 4.78. The molecule has 32 heavy (non-hydrogen) atoms. The van der Waals surface area contributed by atoms with E-state index in [0.717, 1.165) is 0 Å². The summed E-state index contributed by atoms with van der Waals surface area (Å²) in [5.41, 5.74) is 1.15. The fraction of sp³-hybridized carbons (Fsp3) is 0.125. The van der Waals surface area contributed by atoms with Gasteiger partial charge in [-0.05, 0) is 42.5 Å². The summed E-state index contributed by atoms with van der Waals surface area (Å²) >= 11 is 0. The number of carbonyl (C=O) groups is 3. The molecule has 1 aliphatic rings. The van der Waals surface area contributed by atoms with Crippen LogP contribution in [0.15, 0.2) is 72.8 Å². The van der Waals surface area contributed by atoms with Crippen LogP contribution in [-0.4, -0.2) is 37.4 Å². The zero-order valence-corrected chi connectivity index (χ0v) is 16.9. The number of rotatable bonds is 7. The largest absolute Gasteiger partial charge is 0.482 e. The lowest BCUT2D eigenvalue weighted by atomic mass is 10.1. The van der Waals surface area contributed by atoms with Gasteiger partial charge in [-0.2, -0.15) is 0 Å². The highest BCUT2D eigenvalue weighted by atomic mass is 19.1. The summed E-state index contributed by atoms with van der Waals surface area (Å²) in [7, 11) is 0. The molecule has 3 aromatic carbocycles. The smallest absolute Gasteiger partial charge is 0.265 e. The number of ketones is 1. The average molecular weight is 434 g/mol. The first-order valence-corrected chi connectivity index (χ1v) is 9.84. The van der Waals surface area contributed by atoms with E-state index in [1.807, 2.05) is 6.07 Å². The second-order valence-corrected chi connectivity index (χ2v) is 7.01. The van der Waals surface area contributed by atoms with Crippen LogP contribution in [0.3, 0.4) is 0 Å². The minimum Gasteiger partial charge on any atom is -0.482 e. The maximum Gasteiger partial charge on any atom is 0.265 e. The molecule has 8 heteroatoms. The van der Waals surface area contributed by atoms with Crippen LogP contribution in [0.2, 0.25) is 0 Å². The topological polar surface area (TPSA) is 84.9 Å². The Bertz CT molecular complexity index is 1170. The molecule has 2 amide bonds. The van der Waals surface area contributed by atoms with Gasteiger partial charge in [-0.25, -0.2) is 4.39 Å². The first kappa shape index (κ1) is 21.0. The first-order valence-electron chi connectivity index (χ1n) is 9.84. The maximum atomic E-state index is 13.7. The van der Waals surface area contributed by atoms with Gasteiger partial charge in [0.1, 0.15) is 12.3 Å². The monoisotopic (exact) mass is 434 g/mol. The van der Waals surface area contributed by atoms with Crippen molar-refractivity contribution in [1.29, 1.82) is 0 Å². The molecule has 0 atom stereocenters. The van der Waals surface area contributed by atoms with Gasteiger partial charge in [0.05, 0.1) is 5.69 Å². The van der Waals surface area contributed by atoms with Crippen molar-refractivity contribution in [3.8, 4) is 11.5 Å². The van der Waals surface area contributed by atoms with E-state index in [0.29, 0.717) is 17.1 Å². The number of benzene rings is 3. The number of carbonyl (C=O) groups excluding carboxylic acids is 3. The Morgan fingerprint density at radius 1 is 1.03 bits per heavy atom. The average Bonchev–Trinajstić information content (AvgIpc) is 2.80. The molecule has 0 aliphatic carbocycles. The van der Waals surface area contributed by atoms with Gasteiger partial charge in [-0.15, -0.1) is 0 Å². The lowest BCUT2D eigenvalue weighted by molar-refractivity contribution is -0.123. The van der Waals surface area contributed by atoms with Gasteiger partial charge in [0.25, 0.3) is 5.91 Å². The standard InChI is InChI=1S/C24H19FN2O5/c25-18-8-4-5-9-21(18)31-14-20(28)16-10-11-22-19(12-16)27(24(30)15-32-22)13-23(29)26-17-6-2-1-3-7-17/h1-12H,13-15H2,(H,26,29). The van der Waals surface area contributed by atoms with Crippen LogP contribution in [0, 0.1) is 5.82 Å². The fourth-order valence-corrected chi connectivity index (χ4v) is 3.20. The summed E-state index contributed by atoms with van der Waals surface area (Å²) in [5.74, 6) is -1.44. The van der Waals surface area contributed by atoms with E-state index in [1.165, 1.54) is 35.2 Å². The van der Waals surface area contributed by atoms with E-state index in [1.54, 1.807) is 36.4 Å². The number of ether oxygens (including phenoxy) is 2. The second kappa shape index (κ2) is 9.30. The molecule has 0 unspecified atom stereocenters. The van der Waals surface area contributed by atoms with Gasteiger partial charge in [0.15, 0.2) is 30.6 Å². The minimum absolute atomic E-state index is 0.0310. The summed E-state index contributed by atoms with van der Waals surface area (Å²) in [6, 6.07) is 19.2. The van der Waals surface area contributed by atoms with Gasteiger partial charge in [-0.3, -0.25) is 19.3 Å². The number of anilines is 2. The number of hydrogen-bond acceptors (Lipinski definition) is 5. The van der Waals surface area contributed by atoms with E-state index in [2.05, 4.69) is 5.32 Å². The Labute approximate surface area is 183 Å². The summed E-state index contributed by atoms with van der Waals surface area (Å²) in [6.45, 7) is -0.841. The lowest BCUT2D eigenvalue weighted by Crippen LogP contribution is -2.43. The molecule has 0 radical (unpaired) electrons. The van der Waals surface area contributed by atoms with Gasteiger partial charge in [0.2, 0.25) is 5.91 Å². The Balaban J connectivity index is 1.49. The van der Waals surface area contributed by atoms with Crippen LogP contribution in [0.1, 0.15) is 10.4 Å². The van der Waals surface area contributed by atoms with Gasteiger partial charge in [-0.1, -0.05) is 30.3 Å². The molecule has 0 spiro atoms. The van der Waals surface area contributed by atoms with Crippen molar-refractivity contribution in [3.63, 3.8) is 0 Å². The highest BCUT2D eigenvalue weighted by Crippen LogP contribution is 2.33. The summed E-state index contributed by atoms with van der Waals surface area (Å²) in [5, 5.41) is 2.73. The summed E-state index contributed by atoms with van der Waals surface area (Å²) in [6.07, 6.45) is 0. The van der Waals surface area contributed by atoms with Crippen LogP contribution < -0.4 is 19.7 Å². The molecule has 7 nitrogen and oxygen atoms in total. The molecule has 0 saturated carbocycles. The third-order valence-corrected chi connectivity index (χ3v) is 4.78. The number of amides is 2. The van der Waals surface area contributed by atoms with Crippen molar-refractivity contribution < 1.29 is 28.2 Å². The molecule has 0 fully saturated rings. The molecule has 4 rings (SSSR count). The van der Waals surface area contributed by atoms with Gasteiger partial charge < -0.3 is 14.8 Å². The molecule has 1 N–H and O–H groups in total.